The lowest BCUT2D eigenvalue weighted by molar-refractivity contribution is 0.308. The van der Waals surface area contributed by atoms with Crippen LogP contribution in [0.4, 0.5) is 0 Å². The van der Waals surface area contributed by atoms with Crippen LogP contribution in [0.5, 0.6) is 11.5 Å². The Hall–Kier alpha value is 0.140. The van der Waals surface area contributed by atoms with E-state index in [1.54, 1.807) is 0 Å². The second-order valence-corrected chi connectivity index (χ2v) is 14.4. The predicted octanol–water partition coefficient (Wildman–Crippen LogP) is 10.2. The summed E-state index contributed by atoms with van der Waals surface area (Å²) in [5.41, 5.74) is 0. The third kappa shape index (κ3) is 6.13. The number of hydrogen-bond acceptors (Lipinski definition) is 6. The van der Waals surface area contributed by atoms with E-state index < -0.39 is 0 Å². The molecular weight excluding hydrogens is 489 g/mol. The molecule has 3 aromatic rings. The molecule has 2 aromatic heterocycles. The maximum absolute atomic E-state index is 6.47. The zero-order valence-corrected chi connectivity index (χ0v) is 23.2. The smallest absolute Gasteiger partial charge is 0.313 e. The molecule has 166 valence electrons. The van der Waals surface area contributed by atoms with E-state index in [1.807, 2.05) is 68.9 Å². The molecule has 30 heavy (non-hydrogen) atoms. The van der Waals surface area contributed by atoms with Gasteiger partial charge in [0.25, 0.3) is 0 Å². The van der Waals surface area contributed by atoms with Gasteiger partial charge in [-0.2, -0.15) is 0 Å². The van der Waals surface area contributed by atoms with Gasteiger partial charge in [0.1, 0.15) is 45.3 Å². The average molecular weight is 521 g/mol. The fourth-order valence-electron chi connectivity index (χ4n) is 3.20. The number of rotatable bonds is 14. The Labute approximate surface area is 205 Å². The Balaban J connectivity index is 1.97. The van der Waals surface area contributed by atoms with Crippen molar-refractivity contribution in [2.45, 2.75) is 72.3 Å². The summed E-state index contributed by atoms with van der Waals surface area (Å²) < 4.78 is 20.8. The van der Waals surface area contributed by atoms with Crippen molar-refractivity contribution in [3.63, 3.8) is 0 Å². The maximum atomic E-state index is 6.47. The molecule has 0 saturated carbocycles. The lowest BCUT2D eigenvalue weighted by Crippen LogP contribution is -2.00. The van der Waals surface area contributed by atoms with Crippen molar-refractivity contribution in [1.29, 1.82) is 0 Å². The quantitative estimate of drug-likeness (QED) is 0.119. The van der Waals surface area contributed by atoms with Crippen LogP contribution in [0.1, 0.15) is 65.2 Å². The Bertz CT molecular complexity index is 804. The molecule has 2 nitrogen and oxygen atoms in total. The van der Waals surface area contributed by atoms with E-state index in [9.17, 15) is 0 Å². The molecule has 2 heterocycles. The maximum Gasteiger partial charge on any atom is 0.313 e. The summed E-state index contributed by atoms with van der Waals surface area (Å²) >= 11 is 11.1. The van der Waals surface area contributed by atoms with Crippen LogP contribution in [0.25, 0.3) is 18.8 Å². The van der Waals surface area contributed by atoms with Gasteiger partial charge in [-0.25, -0.2) is 0 Å². The largest absolute Gasteiger partial charge is 0.487 e. The highest BCUT2D eigenvalue weighted by molar-refractivity contribution is 8.03. The Morgan fingerprint density at radius 2 is 1.13 bits per heavy atom. The first-order valence-corrected chi connectivity index (χ1v) is 16.5. The molecule has 0 bridgehead atoms. The van der Waals surface area contributed by atoms with Gasteiger partial charge in [0.2, 0.25) is 30.3 Å². The number of thioether (sulfide) groups is 2. The standard InChI is InChI=1S/C22H32O2S6/c1-5-7-9-11-13-23-15-17-19(29-21(25-3)27-17)16(24-14-12-10-8-6-2)20-18(15)28-22(26-4)30-20/h5-14H2,1-4H3/q+2. The Morgan fingerprint density at radius 3 is 1.57 bits per heavy atom. The number of hydrogen-bond donors (Lipinski definition) is 0. The minimum atomic E-state index is 0.801. The molecule has 0 aliphatic carbocycles. The van der Waals surface area contributed by atoms with Crippen LogP contribution in [0.3, 0.4) is 0 Å². The molecule has 0 radical (unpaired) electrons. The zero-order valence-electron chi connectivity index (χ0n) is 18.3. The monoisotopic (exact) mass is 520 g/mol. The van der Waals surface area contributed by atoms with Crippen LogP contribution in [0, 0.1) is 0 Å². The van der Waals surface area contributed by atoms with E-state index in [2.05, 4.69) is 26.4 Å². The molecule has 0 amide bonds. The summed E-state index contributed by atoms with van der Waals surface area (Å²) in [6.07, 6.45) is 14.1. The van der Waals surface area contributed by atoms with Crippen molar-refractivity contribution in [2.75, 3.05) is 25.7 Å². The fourth-order valence-corrected chi connectivity index (χ4v) is 9.92. The topological polar surface area (TPSA) is 18.5 Å². The van der Waals surface area contributed by atoms with Crippen LogP contribution in [-0.4, -0.2) is 25.7 Å². The summed E-state index contributed by atoms with van der Waals surface area (Å²) in [4.78, 5) is 0. The highest BCUT2D eigenvalue weighted by Crippen LogP contribution is 2.55. The van der Waals surface area contributed by atoms with Gasteiger partial charge in [-0.3, -0.25) is 0 Å². The van der Waals surface area contributed by atoms with Crippen molar-refractivity contribution >= 4 is 87.7 Å². The van der Waals surface area contributed by atoms with Gasteiger partial charge in [-0.05, 0) is 25.4 Å². The molecule has 0 aliphatic rings. The Kier molecular flexibility index (Phi) is 10.7. The molecule has 0 spiro atoms. The van der Waals surface area contributed by atoms with Gasteiger partial charge in [-0.15, -0.1) is 0 Å². The summed E-state index contributed by atoms with van der Waals surface area (Å²) in [6, 6.07) is 0. The van der Waals surface area contributed by atoms with Gasteiger partial charge in [0.05, 0.1) is 13.2 Å². The van der Waals surface area contributed by atoms with Crippen molar-refractivity contribution in [1.82, 2.24) is 0 Å². The third-order valence-corrected chi connectivity index (χ3v) is 12.8. The van der Waals surface area contributed by atoms with E-state index in [4.69, 9.17) is 9.47 Å². The second-order valence-electron chi connectivity index (χ2n) is 7.11. The first-order valence-electron chi connectivity index (χ1n) is 10.8. The van der Waals surface area contributed by atoms with Gasteiger partial charge >= 0.3 is 7.05 Å². The SMILES string of the molecule is CCCCCCOc1c2sc(SC)[s+]c2c(OCCCCCC)c2[s+]c(SC)sc12. The van der Waals surface area contributed by atoms with Gasteiger partial charge in [-0.1, -0.05) is 75.9 Å². The molecule has 0 N–H and O–H groups in total. The van der Waals surface area contributed by atoms with Crippen LogP contribution >= 0.6 is 68.9 Å². The highest BCUT2D eigenvalue weighted by Gasteiger charge is 2.35. The summed E-state index contributed by atoms with van der Waals surface area (Å²) in [6.45, 7) is 6.11. The molecule has 3 rings (SSSR count). The molecule has 8 heteroatoms. The average Bonchev–Trinajstić information content (AvgIpc) is 3.38. The lowest BCUT2D eigenvalue weighted by Gasteiger charge is -2.08. The van der Waals surface area contributed by atoms with Crippen molar-refractivity contribution in [3.05, 3.63) is 0 Å². The number of benzene rings is 1. The van der Waals surface area contributed by atoms with Crippen molar-refractivity contribution in [3.8, 4) is 11.5 Å². The molecule has 0 fully saturated rings. The van der Waals surface area contributed by atoms with Crippen molar-refractivity contribution < 1.29 is 9.47 Å². The Morgan fingerprint density at radius 1 is 0.667 bits per heavy atom. The first-order chi connectivity index (χ1) is 14.7. The molecule has 0 atom stereocenters. The fraction of sp³-hybridized carbons (Fsp3) is 0.636. The predicted molar refractivity (Wildman–Crippen MR) is 145 cm³/mol. The van der Waals surface area contributed by atoms with E-state index in [-0.39, 0.29) is 0 Å². The van der Waals surface area contributed by atoms with E-state index >= 15 is 0 Å². The minimum absolute atomic E-state index is 0.801. The second kappa shape index (κ2) is 13.0. The van der Waals surface area contributed by atoms with E-state index in [0.29, 0.717) is 0 Å². The van der Waals surface area contributed by atoms with Gasteiger partial charge in [0, 0.05) is 0 Å². The van der Waals surface area contributed by atoms with E-state index in [1.165, 1.54) is 64.4 Å². The number of fused-ring (bicyclic) bond motifs is 2. The van der Waals surface area contributed by atoms with Crippen molar-refractivity contribution in [2.24, 2.45) is 0 Å². The lowest BCUT2D eigenvalue weighted by atomic mass is 10.2. The molecule has 0 unspecified atom stereocenters. The summed E-state index contributed by atoms with van der Waals surface area (Å²) in [5.74, 6) is 2.19. The van der Waals surface area contributed by atoms with Gasteiger partial charge in [0.15, 0.2) is 0 Å². The normalized spacial score (nSPS) is 11.6. The molecule has 0 aliphatic heterocycles. The summed E-state index contributed by atoms with van der Waals surface area (Å²) in [5, 5.41) is 0. The van der Waals surface area contributed by atoms with Crippen LogP contribution in [0.2, 0.25) is 0 Å². The molecule has 1 aromatic carbocycles. The molecular formula is C22H32O2S6+2. The van der Waals surface area contributed by atoms with Crippen LogP contribution in [-0.2, 0) is 0 Å². The van der Waals surface area contributed by atoms with Gasteiger partial charge < -0.3 is 9.47 Å². The van der Waals surface area contributed by atoms with Crippen LogP contribution in [0.15, 0.2) is 7.05 Å². The van der Waals surface area contributed by atoms with Crippen LogP contribution < -0.4 is 9.47 Å². The highest BCUT2D eigenvalue weighted by atomic mass is 32.2. The number of ether oxygens (including phenoxy) is 2. The first kappa shape index (κ1) is 24.8. The zero-order chi connectivity index (χ0) is 21.3. The minimum Gasteiger partial charge on any atom is -0.487 e. The third-order valence-electron chi connectivity index (χ3n) is 4.80. The number of unbranched alkanes of at least 4 members (excludes halogenated alkanes) is 6. The summed E-state index contributed by atoms with van der Waals surface area (Å²) in [7, 11) is 0. The van der Waals surface area contributed by atoms with E-state index in [0.717, 1.165) is 37.6 Å². The molecule has 0 saturated heterocycles.